The number of nitrogens with zero attached hydrogens (tertiary/aromatic N) is 1. The molecule has 0 aromatic heterocycles. The van der Waals surface area contributed by atoms with Gasteiger partial charge in [-0.05, 0) is 49.4 Å². The molecule has 0 radical (unpaired) electrons. The Morgan fingerprint density at radius 2 is 1.74 bits per heavy atom. The second-order valence-corrected chi connectivity index (χ2v) is 8.33. The Hall–Kier alpha value is -0.0800. The van der Waals surface area contributed by atoms with Crippen molar-refractivity contribution in [3.05, 3.63) is 0 Å². The van der Waals surface area contributed by atoms with Crippen molar-refractivity contribution in [2.45, 2.75) is 84.9 Å². The second kappa shape index (κ2) is 5.73. The Morgan fingerprint density at radius 3 is 2.21 bits per heavy atom. The first-order valence-corrected chi connectivity index (χ1v) is 8.23. The van der Waals surface area contributed by atoms with Crippen LogP contribution in [0.15, 0.2) is 0 Å². The van der Waals surface area contributed by atoms with Crippen LogP contribution in [0.2, 0.25) is 0 Å². The van der Waals surface area contributed by atoms with Gasteiger partial charge in [-0.25, -0.2) is 0 Å². The molecule has 0 heterocycles. The second-order valence-electron chi connectivity index (χ2n) is 8.33. The molecule has 3 atom stereocenters. The summed E-state index contributed by atoms with van der Waals surface area (Å²) in [5.41, 5.74) is 0.380. The van der Waals surface area contributed by atoms with Crippen molar-refractivity contribution in [3.8, 4) is 0 Å². The first-order valence-electron chi connectivity index (χ1n) is 8.23. The van der Waals surface area contributed by atoms with Crippen molar-refractivity contribution in [1.82, 2.24) is 4.90 Å². The van der Waals surface area contributed by atoms with Gasteiger partial charge in [0.15, 0.2) is 0 Å². The molecule has 2 saturated carbocycles. The summed E-state index contributed by atoms with van der Waals surface area (Å²) in [4.78, 5) is 2.65. The average Bonchev–Trinajstić information content (AvgIpc) is 3.08. The molecule has 2 aliphatic rings. The van der Waals surface area contributed by atoms with Gasteiger partial charge in [-0.3, -0.25) is 4.90 Å². The maximum absolute atomic E-state index is 10.5. The van der Waals surface area contributed by atoms with E-state index in [1.54, 1.807) is 0 Å². The topological polar surface area (TPSA) is 23.5 Å². The molecule has 3 unspecified atom stereocenters. The summed E-state index contributed by atoms with van der Waals surface area (Å²) in [5.74, 6) is 1.46. The minimum Gasteiger partial charge on any atom is -0.391 e. The minimum absolute atomic E-state index is 0.0991. The molecule has 0 aromatic rings. The molecule has 0 aliphatic heterocycles. The van der Waals surface area contributed by atoms with Gasteiger partial charge in [-0.1, -0.05) is 34.6 Å². The van der Waals surface area contributed by atoms with Gasteiger partial charge in [0.1, 0.15) is 0 Å². The summed E-state index contributed by atoms with van der Waals surface area (Å²) in [6.45, 7) is 12.8. The molecular weight excluding hydrogens is 234 g/mol. The fraction of sp³-hybridized carbons (Fsp3) is 1.00. The van der Waals surface area contributed by atoms with E-state index in [0.717, 1.165) is 24.9 Å². The third kappa shape index (κ3) is 3.95. The number of aliphatic hydroxyl groups is 1. The van der Waals surface area contributed by atoms with Crippen LogP contribution in [0.3, 0.4) is 0 Å². The Bertz CT molecular complexity index is 290. The highest BCUT2D eigenvalue weighted by molar-refractivity contribution is 4.96. The van der Waals surface area contributed by atoms with Crippen molar-refractivity contribution in [1.29, 1.82) is 0 Å². The summed E-state index contributed by atoms with van der Waals surface area (Å²) >= 11 is 0. The smallest absolute Gasteiger partial charge is 0.0695 e. The predicted octanol–water partition coefficient (Wildman–Crippen LogP) is 3.68. The molecule has 0 saturated heterocycles. The maximum atomic E-state index is 10.5. The number of hydrogen-bond donors (Lipinski definition) is 1. The summed E-state index contributed by atoms with van der Waals surface area (Å²) in [5, 5.41) is 10.5. The molecule has 0 amide bonds. The average molecular weight is 267 g/mol. The highest BCUT2D eigenvalue weighted by Gasteiger charge is 2.42. The molecule has 0 bridgehead atoms. The quantitative estimate of drug-likeness (QED) is 0.840. The van der Waals surface area contributed by atoms with Gasteiger partial charge in [0.25, 0.3) is 0 Å². The van der Waals surface area contributed by atoms with Crippen LogP contribution in [0.5, 0.6) is 0 Å². The first kappa shape index (κ1) is 15.3. The van der Waals surface area contributed by atoms with E-state index < -0.39 is 0 Å². The van der Waals surface area contributed by atoms with Crippen LogP contribution in [0, 0.1) is 17.3 Å². The summed E-state index contributed by atoms with van der Waals surface area (Å²) in [6.07, 6.45) is 5.97. The summed E-state index contributed by atoms with van der Waals surface area (Å²) < 4.78 is 0. The molecule has 2 fully saturated rings. The van der Waals surface area contributed by atoms with Crippen LogP contribution in [0.25, 0.3) is 0 Å². The van der Waals surface area contributed by atoms with Crippen LogP contribution in [-0.2, 0) is 0 Å². The first-order chi connectivity index (χ1) is 8.79. The van der Waals surface area contributed by atoms with Gasteiger partial charge in [0.05, 0.1) is 6.10 Å². The highest BCUT2D eigenvalue weighted by atomic mass is 16.3. The zero-order chi connectivity index (χ0) is 14.2. The van der Waals surface area contributed by atoms with E-state index in [2.05, 4.69) is 39.5 Å². The molecule has 19 heavy (non-hydrogen) atoms. The fourth-order valence-corrected chi connectivity index (χ4v) is 3.66. The lowest BCUT2D eigenvalue weighted by molar-refractivity contribution is -0.0243. The normalized spacial score (nSPS) is 33.2. The minimum atomic E-state index is -0.0991. The molecule has 0 spiro atoms. The Morgan fingerprint density at radius 1 is 1.11 bits per heavy atom. The molecule has 2 aliphatic carbocycles. The Balaban J connectivity index is 2.05. The van der Waals surface area contributed by atoms with E-state index in [1.807, 2.05) is 0 Å². The number of aliphatic hydroxyl groups excluding tert-OH is 1. The van der Waals surface area contributed by atoms with Gasteiger partial charge in [0, 0.05) is 18.6 Å². The predicted molar refractivity (Wildman–Crippen MR) is 81.2 cm³/mol. The maximum Gasteiger partial charge on any atom is 0.0695 e. The van der Waals surface area contributed by atoms with Gasteiger partial charge < -0.3 is 5.11 Å². The van der Waals surface area contributed by atoms with E-state index in [-0.39, 0.29) is 6.10 Å². The van der Waals surface area contributed by atoms with Gasteiger partial charge >= 0.3 is 0 Å². The van der Waals surface area contributed by atoms with Gasteiger partial charge in [-0.2, -0.15) is 0 Å². The van der Waals surface area contributed by atoms with E-state index in [4.69, 9.17) is 0 Å². The Kier molecular flexibility index (Phi) is 4.62. The molecule has 2 nitrogen and oxygen atoms in total. The zero-order valence-electron chi connectivity index (χ0n) is 13.5. The van der Waals surface area contributed by atoms with E-state index >= 15 is 0 Å². The lowest BCUT2D eigenvalue weighted by Crippen LogP contribution is -2.51. The van der Waals surface area contributed by atoms with Crippen LogP contribution in [0.1, 0.15) is 66.7 Å². The lowest BCUT2D eigenvalue weighted by atomic mass is 9.70. The number of rotatable bonds is 4. The van der Waals surface area contributed by atoms with Crippen molar-refractivity contribution < 1.29 is 5.11 Å². The fourth-order valence-electron chi connectivity index (χ4n) is 3.66. The monoisotopic (exact) mass is 267 g/mol. The molecular formula is C17H33NO. The molecule has 2 rings (SSSR count). The summed E-state index contributed by atoms with van der Waals surface area (Å²) in [7, 11) is 0. The van der Waals surface area contributed by atoms with Gasteiger partial charge in [-0.15, -0.1) is 0 Å². The van der Waals surface area contributed by atoms with Crippen molar-refractivity contribution in [2.75, 3.05) is 6.54 Å². The third-order valence-corrected chi connectivity index (χ3v) is 5.02. The van der Waals surface area contributed by atoms with Gasteiger partial charge in [0.2, 0.25) is 0 Å². The van der Waals surface area contributed by atoms with E-state index in [0.29, 0.717) is 17.4 Å². The van der Waals surface area contributed by atoms with Crippen molar-refractivity contribution >= 4 is 0 Å². The van der Waals surface area contributed by atoms with Crippen LogP contribution < -0.4 is 0 Å². The largest absolute Gasteiger partial charge is 0.391 e. The number of hydrogen-bond acceptors (Lipinski definition) is 2. The molecule has 1 N–H and O–H groups in total. The summed E-state index contributed by atoms with van der Waals surface area (Å²) in [6, 6.07) is 1.17. The Labute approximate surface area is 119 Å². The molecule has 2 heteroatoms. The zero-order valence-corrected chi connectivity index (χ0v) is 13.5. The van der Waals surface area contributed by atoms with Crippen LogP contribution in [-0.4, -0.2) is 34.7 Å². The highest BCUT2D eigenvalue weighted by Crippen LogP contribution is 2.42. The van der Waals surface area contributed by atoms with Crippen LogP contribution in [0.4, 0.5) is 0 Å². The molecule has 112 valence electrons. The molecule has 0 aromatic carbocycles. The SMILES string of the molecule is CC(C)CN(C1CC1)C1CC(C(C)(C)C)CCC1O. The van der Waals surface area contributed by atoms with E-state index in [9.17, 15) is 5.11 Å². The lowest BCUT2D eigenvalue weighted by Gasteiger charge is -2.45. The van der Waals surface area contributed by atoms with Crippen molar-refractivity contribution in [3.63, 3.8) is 0 Å². The third-order valence-electron chi connectivity index (χ3n) is 5.02. The van der Waals surface area contributed by atoms with E-state index in [1.165, 1.54) is 25.7 Å². The standard InChI is InChI=1S/C17H33NO/c1-12(2)11-18(14-7-8-14)15-10-13(17(3,4)5)6-9-16(15)19/h12-16,19H,6-11H2,1-5H3. The van der Waals surface area contributed by atoms with Crippen molar-refractivity contribution in [2.24, 2.45) is 17.3 Å². The van der Waals surface area contributed by atoms with Crippen LogP contribution >= 0.6 is 0 Å².